The molecule has 4 nitrogen and oxygen atoms in total. The van der Waals surface area contributed by atoms with Gasteiger partial charge in [0.1, 0.15) is 5.84 Å². The molecule has 1 aromatic heterocycles. The number of hydrogen-bond acceptors (Lipinski definition) is 3. The minimum Gasteiger partial charge on any atom is -0.409 e. The molecule has 0 aliphatic heterocycles. The summed E-state index contributed by atoms with van der Waals surface area (Å²) in [7, 11) is 0. The van der Waals surface area contributed by atoms with Crippen molar-refractivity contribution >= 4 is 22.2 Å². The maximum atomic E-state index is 8.74. The van der Waals surface area contributed by atoms with E-state index in [2.05, 4.69) is 34.4 Å². The van der Waals surface area contributed by atoms with Gasteiger partial charge in [-0.05, 0) is 46.9 Å². The fourth-order valence-electron chi connectivity index (χ4n) is 3.43. The minimum atomic E-state index is 0.242. The van der Waals surface area contributed by atoms with Gasteiger partial charge in [0.2, 0.25) is 0 Å². The quantitative estimate of drug-likeness (QED) is 0.379. The van der Waals surface area contributed by atoms with Gasteiger partial charge in [-0.1, -0.05) is 23.4 Å². The highest BCUT2D eigenvalue weighted by Gasteiger charge is 2.54. The second kappa shape index (κ2) is 4.07. The number of nitrogens with zero attached hydrogens (tertiary/aromatic N) is 2. The first kappa shape index (κ1) is 11.5. The van der Waals surface area contributed by atoms with Crippen molar-refractivity contribution in [2.45, 2.75) is 6.42 Å². The standard InChI is InChI=1S/C16H15N3O/c17-16(19-20)15-13-6-11(7-14(13)15)10-2-1-9-3-4-18-8-12(9)5-10/h1-6,8,13-15,20H,7H2,(H2,17,19)/t13-,14+,15+/m0/s1. The van der Waals surface area contributed by atoms with Crippen LogP contribution in [0.3, 0.4) is 0 Å². The van der Waals surface area contributed by atoms with Crippen molar-refractivity contribution in [3.63, 3.8) is 0 Å². The summed E-state index contributed by atoms with van der Waals surface area (Å²) in [6.45, 7) is 0. The second-order valence-electron chi connectivity index (χ2n) is 5.63. The van der Waals surface area contributed by atoms with E-state index in [9.17, 15) is 0 Å². The number of oxime groups is 1. The van der Waals surface area contributed by atoms with Crippen molar-refractivity contribution in [3.05, 3.63) is 48.3 Å². The smallest absolute Gasteiger partial charge is 0.143 e. The van der Waals surface area contributed by atoms with Crippen LogP contribution < -0.4 is 5.73 Å². The van der Waals surface area contributed by atoms with Crippen LogP contribution in [0, 0.1) is 17.8 Å². The van der Waals surface area contributed by atoms with E-state index < -0.39 is 0 Å². The topological polar surface area (TPSA) is 71.5 Å². The monoisotopic (exact) mass is 265 g/mol. The molecule has 0 bridgehead atoms. The third-order valence-electron chi connectivity index (χ3n) is 4.55. The molecule has 1 fully saturated rings. The summed E-state index contributed by atoms with van der Waals surface area (Å²) in [5.74, 6) is 1.58. The van der Waals surface area contributed by atoms with E-state index in [1.165, 1.54) is 21.9 Å². The van der Waals surface area contributed by atoms with Crippen LogP contribution in [0.1, 0.15) is 12.0 Å². The predicted octanol–water partition coefficient (Wildman–Crippen LogP) is 2.63. The van der Waals surface area contributed by atoms with Gasteiger partial charge >= 0.3 is 0 Å². The fraction of sp³-hybridized carbons (Fsp3) is 0.250. The normalized spacial score (nSPS) is 28.3. The summed E-state index contributed by atoms with van der Waals surface area (Å²) >= 11 is 0. The maximum absolute atomic E-state index is 8.74. The number of allylic oxidation sites excluding steroid dienone is 2. The Labute approximate surface area is 116 Å². The molecule has 0 unspecified atom stereocenters. The molecule has 4 rings (SSSR count). The van der Waals surface area contributed by atoms with Gasteiger partial charge in [0, 0.05) is 23.7 Å². The molecule has 2 aliphatic carbocycles. The molecule has 0 amide bonds. The van der Waals surface area contributed by atoms with Gasteiger partial charge in [-0.15, -0.1) is 0 Å². The number of nitrogens with two attached hydrogens (primary N) is 1. The minimum absolute atomic E-state index is 0.242. The van der Waals surface area contributed by atoms with Gasteiger partial charge in [-0.3, -0.25) is 4.98 Å². The Morgan fingerprint density at radius 3 is 2.95 bits per heavy atom. The predicted molar refractivity (Wildman–Crippen MR) is 78.2 cm³/mol. The lowest BCUT2D eigenvalue weighted by Gasteiger charge is -2.07. The van der Waals surface area contributed by atoms with E-state index in [0.29, 0.717) is 17.7 Å². The number of benzene rings is 1. The van der Waals surface area contributed by atoms with Crippen molar-refractivity contribution in [2.75, 3.05) is 0 Å². The lowest BCUT2D eigenvalue weighted by Crippen LogP contribution is -2.16. The summed E-state index contributed by atoms with van der Waals surface area (Å²) in [6, 6.07) is 8.51. The molecule has 100 valence electrons. The molecule has 4 heteroatoms. The zero-order chi connectivity index (χ0) is 13.7. The lowest BCUT2D eigenvalue weighted by molar-refractivity contribution is 0.316. The number of fused-ring (bicyclic) bond motifs is 2. The third kappa shape index (κ3) is 1.61. The first-order valence-electron chi connectivity index (χ1n) is 6.80. The molecular formula is C16H15N3O. The SMILES string of the molecule is N/C(=N\O)[C@@H]1[C@H]2C=C(c3ccc4ccncc4c3)C[C@H]21. The molecule has 0 spiro atoms. The molecule has 1 saturated carbocycles. The summed E-state index contributed by atoms with van der Waals surface area (Å²) in [4.78, 5) is 4.17. The van der Waals surface area contributed by atoms with Gasteiger partial charge in [-0.2, -0.15) is 0 Å². The first-order valence-corrected chi connectivity index (χ1v) is 6.80. The van der Waals surface area contributed by atoms with Crippen molar-refractivity contribution < 1.29 is 5.21 Å². The van der Waals surface area contributed by atoms with E-state index in [-0.39, 0.29) is 5.92 Å². The Hall–Kier alpha value is -2.36. The van der Waals surface area contributed by atoms with Crippen LogP contribution in [-0.2, 0) is 0 Å². The summed E-state index contributed by atoms with van der Waals surface area (Å²) in [6.07, 6.45) is 7.00. The average molecular weight is 265 g/mol. The van der Waals surface area contributed by atoms with Crippen molar-refractivity contribution in [3.8, 4) is 0 Å². The average Bonchev–Trinajstić information content (AvgIpc) is 3.00. The van der Waals surface area contributed by atoms with Crippen molar-refractivity contribution in [1.82, 2.24) is 4.98 Å². The van der Waals surface area contributed by atoms with Crippen LogP contribution in [0.2, 0.25) is 0 Å². The molecule has 1 aromatic carbocycles. The fourth-order valence-corrected chi connectivity index (χ4v) is 3.43. The zero-order valence-corrected chi connectivity index (χ0v) is 10.9. The van der Waals surface area contributed by atoms with Gasteiger partial charge in [0.05, 0.1) is 0 Å². The van der Waals surface area contributed by atoms with Crippen molar-refractivity contribution in [2.24, 2.45) is 28.6 Å². The lowest BCUT2D eigenvalue weighted by atomic mass is 9.98. The Morgan fingerprint density at radius 2 is 2.20 bits per heavy atom. The highest BCUT2D eigenvalue weighted by molar-refractivity contribution is 5.90. The second-order valence-corrected chi connectivity index (χ2v) is 5.63. The van der Waals surface area contributed by atoms with Gasteiger partial charge in [0.25, 0.3) is 0 Å². The highest BCUT2D eigenvalue weighted by atomic mass is 16.4. The van der Waals surface area contributed by atoms with Crippen molar-refractivity contribution in [1.29, 1.82) is 0 Å². The molecule has 20 heavy (non-hydrogen) atoms. The zero-order valence-electron chi connectivity index (χ0n) is 10.9. The van der Waals surface area contributed by atoms with E-state index >= 15 is 0 Å². The first-order chi connectivity index (χ1) is 9.78. The molecule has 3 N–H and O–H groups in total. The summed E-state index contributed by atoms with van der Waals surface area (Å²) < 4.78 is 0. The Morgan fingerprint density at radius 1 is 1.30 bits per heavy atom. The third-order valence-corrected chi connectivity index (χ3v) is 4.55. The van der Waals surface area contributed by atoms with E-state index in [0.717, 1.165) is 6.42 Å². The van der Waals surface area contributed by atoms with Gasteiger partial charge < -0.3 is 10.9 Å². The highest BCUT2D eigenvalue weighted by Crippen LogP contribution is 2.58. The van der Waals surface area contributed by atoms with Crippen LogP contribution in [0.15, 0.2) is 47.9 Å². The molecule has 2 aromatic rings. The number of pyridine rings is 1. The molecule has 0 saturated heterocycles. The number of hydrogen-bond donors (Lipinski definition) is 2. The van der Waals surface area contributed by atoms with E-state index in [4.69, 9.17) is 10.9 Å². The Bertz CT molecular complexity index is 750. The Kier molecular flexibility index (Phi) is 2.33. The van der Waals surface area contributed by atoms with Crippen LogP contribution in [0.25, 0.3) is 16.3 Å². The van der Waals surface area contributed by atoms with E-state index in [1.54, 1.807) is 0 Å². The summed E-state index contributed by atoms with van der Waals surface area (Å²) in [5, 5.41) is 14.2. The molecule has 2 aliphatic rings. The maximum Gasteiger partial charge on any atom is 0.143 e. The molecular weight excluding hydrogens is 250 g/mol. The van der Waals surface area contributed by atoms with Gasteiger partial charge in [-0.25, -0.2) is 0 Å². The van der Waals surface area contributed by atoms with Crippen LogP contribution in [0.5, 0.6) is 0 Å². The Balaban J connectivity index is 1.64. The van der Waals surface area contributed by atoms with E-state index in [1.807, 2.05) is 18.5 Å². The van der Waals surface area contributed by atoms with Gasteiger partial charge in [0.15, 0.2) is 0 Å². The number of amidine groups is 1. The van der Waals surface area contributed by atoms with Crippen LogP contribution in [0.4, 0.5) is 0 Å². The van der Waals surface area contributed by atoms with Crippen LogP contribution in [-0.4, -0.2) is 16.0 Å². The molecule has 1 heterocycles. The largest absolute Gasteiger partial charge is 0.409 e. The number of rotatable bonds is 2. The number of aromatic nitrogens is 1. The molecule has 3 atom stereocenters. The summed E-state index contributed by atoms with van der Waals surface area (Å²) in [5.41, 5.74) is 8.32. The van der Waals surface area contributed by atoms with Crippen LogP contribution >= 0.6 is 0 Å². The molecule has 0 radical (unpaired) electrons.